The molecule has 4 nitrogen and oxygen atoms in total. The minimum absolute atomic E-state index is 0.103. The molecule has 0 spiro atoms. The van der Waals surface area contributed by atoms with E-state index >= 15 is 0 Å². The van der Waals surface area contributed by atoms with Crippen molar-refractivity contribution in [1.82, 2.24) is 4.98 Å². The second-order valence-corrected chi connectivity index (χ2v) is 8.41. The fourth-order valence-electron chi connectivity index (χ4n) is 3.39. The van der Waals surface area contributed by atoms with Crippen LogP contribution in [0.4, 0.5) is 5.13 Å². The summed E-state index contributed by atoms with van der Waals surface area (Å²) in [5.74, 6) is 0.740. The maximum Gasteiger partial charge on any atom is 0.186 e. The second kappa shape index (κ2) is 10.1. The SMILES string of the molecule is CCCN(c1nc(-c2ccc(OC)cc2Cl)c(C)s1)[C@@H](COC)c1ccccc1. The summed E-state index contributed by atoms with van der Waals surface area (Å²) in [6.45, 7) is 5.77. The van der Waals surface area contributed by atoms with Crippen LogP contribution in [0.25, 0.3) is 11.3 Å². The van der Waals surface area contributed by atoms with Gasteiger partial charge in [0.15, 0.2) is 5.13 Å². The Morgan fingerprint density at radius 2 is 1.90 bits per heavy atom. The molecule has 3 aromatic rings. The van der Waals surface area contributed by atoms with E-state index in [-0.39, 0.29) is 6.04 Å². The van der Waals surface area contributed by atoms with Gasteiger partial charge in [0.05, 0.1) is 30.5 Å². The first-order valence-electron chi connectivity index (χ1n) is 9.70. The van der Waals surface area contributed by atoms with Crippen LogP contribution in [0.15, 0.2) is 48.5 Å². The van der Waals surface area contributed by atoms with E-state index in [1.165, 1.54) is 5.56 Å². The van der Waals surface area contributed by atoms with Crippen molar-refractivity contribution in [3.8, 4) is 17.0 Å². The van der Waals surface area contributed by atoms with Gasteiger partial charge in [0, 0.05) is 24.1 Å². The third-order valence-electron chi connectivity index (χ3n) is 4.81. The van der Waals surface area contributed by atoms with Crippen LogP contribution in [0, 0.1) is 6.92 Å². The number of nitrogens with zero attached hydrogens (tertiary/aromatic N) is 2. The molecule has 0 N–H and O–H groups in total. The van der Waals surface area contributed by atoms with Gasteiger partial charge < -0.3 is 14.4 Å². The van der Waals surface area contributed by atoms with Gasteiger partial charge in [-0.2, -0.15) is 0 Å². The monoisotopic (exact) mass is 430 g/mol. The number of ether oxygens (including phenoxy) is 2. The lowest BCUT2D eigenvalue weighted by atomic mass is 10.1. The topological polar surface area (TPSA) is 34.6 Å². The number of anilines is 1. The van der Waals surface area contributed by atoms with E-state index < -0.39 is 0 Å². The lowest BCUT2D eigenvalue weighted by Crippen LogP contribution is -2.32. The maximum absolute atomic E-state index is 6.52. The lowest BCUT2D eigenvalue weighted by Gasteiger charge is -2.31. The molecule has 0 radical (unpaired) electrons. The first kappa shape index (κ1) is 21.6. The van der Waals surface area contributed by atoms with Crippen LogP contribution in [0.1, 0.15) is 29.8 Å². The number of aromatic nitrogens is 1. The number of rotatable bonds is 9. The number of benzene rings is 2. The average molecular weight is 431 g/mol. The predicted octanol–water partition coefficient (Wildman–Crippen LogP) is 6.38. The normalized spacial score (nSPS) is 12.0. The summed E-state index contributed by atoms with van der Waals surface area (Å²) in [6.07, 6.45) is 1.02. The molecule has 1 atom stereocenters. The van der Waals surface area contributed by atoms with Gasteiger partial charge in [-0.25, -0.2) is 4.98 Å². The van der Waals surface area contributed by atoms with Gasteiger partial charge >= 0.3 is 0 Å². The van der Waals surface area contributed by atoms with Crippen molar-refractivity contribution in [1.29, 1.82) is 0 Å². The number of methoxy groups -OCH3 is 2. The number of hydrogen-bond acceptors (Lipinski definition) is 5. The smallest absolute Gasteiger partial charge is 0.186 e. The summed E-state index contributed by atoms with van der Waals surface area (Å²) in [7, 11) is 3.38. The van der Waals surface area contributed by atoms with Crippen LogP contribution < -0.4 is 9.64 Å². The fraction of sp³-hybridized carbons (Fsp3) is 0.348. The van der Waals surface area contributed by atoms with Crippen molar-refractivity contribution < 1.29 is 9.47 Å². The molecule has 1 aromatic heterocycles. The van der Waals surface area contributed by atoms with Gasteiger partial charge in [-0.15, -0.1) is 11.3 Å². The van der Waals surface area contributed by atoms with Crippen LogP contribution in [-0.2, 0) is 4.74 Å². The standard InChI is InChI=1S/C23H27ClN2O2S/c1-5-13-26(21(15-27-3)17-9-7-6-8-10-17)23-25-22(16(2)29-23)19-12-11-18(28-4)14-20(19)24/h6-12,14,21H,5,13,15H2,1-4H3/t21-/m0/s1. The molecule has 29 heavy (non-hydrogen) atoms. The molecule has 0 fully saturated rings. The van der Waals surface area contributed by atoms with Crippen molar-refractivity contribution in [3.05, 3.63) is 64.0 Å². The van der Waals surface area contributed by atoms with Crippen molar-refractivity contribution in [3.63, 3.8) is 0 Å². The van der Waals surface area contributed by atoms with E-state index in [4.69, 9.17) is 26.1 Å². The minimum Gasteiger partial charge on any atom is -0.497 e. The molecule has 0 bridgehead atoms. The number of hydrogen-bond donors (Lipinski definition) is 0. The van der Waals surface area contributed by atoms with Gasteiger partial charge in [-0.1, -0.05) is 48.9 Å². The zero-order valence-corrected chi connectivity index (χ0v) is 18.9. The number of thiazole rings is 1. The molecule has 0 saturated carbocycles. The number of aryl methyl sites for hydroxylation is 1. The molecule has 3 rings (SSSR count). The molecule has 154 valence electrons. The summed E-state index contributed by atoms with van der Waals surface area (Å²) >= 11 is 8.22. The molecule has 0 amide bonds. The quantitative estimate of drug-likeness (QED) is 0.394. The Morgan fingerprint density at radius 1 is 1.14 bits per heavy atom. The Morgan fingerprint density at radius 3 is 2.52 bits per heavy atom. The van der Waals surface area contributed by atoms with Crippen molar-refractivity contribution >= 4 is 28.1 Å². The van der Waals surface area contributed by atoms with E-state index in [1.807, 2.05) is 24.3 Å². The fourth-order valence-corrected chi connectivity index (χ4v) is 4.65. The van der Waals surface area contributed by atoms with Gasteiger partial charge in [-0.05, 0) is 37.1 Å². The molecular formula is C23H27ClN2O2S. The summed E-state index contributed by atoms with van der Waals surface area (Å²) in [5, 5.41) is 1.62. The average Bonchev–Trinajstić information content (AvgIpc) is 3.12. The van der Waals surface area contributed by atoms with E-state index in [9.17, 15) is 0 Å². The van der Waals surface area contributed by atoms with E-state index in [0.717, 1.165) is 40.0 Å². The van der Waals surface area contributed by atoms with E-state index in [1.54, 1.807) is 25.6 Å². The zero-order chi connectivity index (χ0) is 20.8. The van der Waals surface area contributed by atoms with Gasteiger partial charge in [0.1, 0.15) is 5.75 Å². The molecule has 1 heterocycles. The first-order valence-corrected chi connectivity index (χ1v) is 10.9. The molecule has 0 aliphatic rings. The zero-order valence-electron chi connectivity index (χ0n) is 17.3. The van der Waals surface area contributed by atoms with Crippen molar-refractivity contribution in [2.75, 3.05) is 32.3 Å². The molecule has 0 aliphatic carbocycles. The molecule has 2 aromatic carbocycles. The second-order valence-electron chi connectivity index (χ2n) is 6.82. The minimum atomic E-state index is 0.103. The summed E-state index contributed by atoms with van der Waals surface area (Å²) in [5.41, 5.74) is 3.06. The van der Waals surface area contributed by atoms with Gasteiger partial charge in [0.2, 0.25) is 0 Å². The largest absolute Gasteiger partial charge is 0.497 e. The van der Waals surface area contributed by atoms with Crippen molar-refractivity contribution in [2.24, 2.45) is 0 Å². The van der Waals surface area contributed by atoms with Gasteiger partial charge in [-0.3, -0.25) is 0 Å². The van der Waals surface area contributed by atoms with E-state index in [2.05, 4.69) is 43.0 Å². The summed E-state index contributed by atoms with van der Waals surface area (Å²) < 4.78 is 10.8. The third kappa shape index (κ3) is 4.92. The number of halogens is 1. The predicted molar refractivity (Wildman–Crippen MR) is 123 cm³/mol. The Labute approximate surface area is 182 Å². The Kier molecular flexibility index (Phi) is 7.53. The highest BCUT2D eigenvalue weighted by atomic mass is 35.5. The molecule has 0 unspecified atom stereocenters. The highest BCUT2D eigenvalue weighted by Crippen LogP contribution is 2.39. The summed E-state index contributed by atoms with van der Waals surface area (Å²) in [4.78, 5) is 8.49. The van der Waals surface area contributed by atoms with Crippen LogP contribution in [0.3, 0.4) is 0 Å². The van der Waals surface area contributed by atoms with Crippen molar-refractivity contribution in [2.45, 2.75) is 26.3 Å². The Bertz CT molecular complexity index is 930. The lowest BCUT2D eigenvalue weighted by molar-refractivity contribution is 0.177. The van der Waals surface area contributed by atoms with Crippen LogP contribution in [0.5, 0.6) is 5.75 Å². The third-order valence-corrected chi connectivity index (χ3v) is 6.13. The maximum atomic E-state index is 6.52. The van der Waals surface area contributed by atoms with Crippen LogP contribution >= 0.6 is 22.9 Å². The van der Waals surface area contributed by atoms with Crippen LogP contribution in [-0.4, -0.2) is 32.4 Å². The summed E-state index contributed by atoms with van der Waals surface area (Å²) in [6, 6.07) is 16.3. The molecule has 6 heteroatoms. The highest BCUT2D eigenvalue weighted by Gasteiger charge is 2.24. The van der Waals surface area contributed by atoms with E-state index in [0.29, 0.717) is 11.6 Å². The van der Waals surface area contributed by atoms with Crippen LogP contribution in [0.2, 0.25) is 5.02 Å². The molecule has 0 saturated heterocycles. The Balaban J connectivity index is 2.01. The molecule has 0 aliphatic heterocycles. The Hall–Kier alpha value is -2.08. The van der Waals surface area contributed by atoms with Gasteiger partial charge in [0.25, 0.3) is 0 Å². The highest BCUT2D eigenvalue weighted by molar-refractivity contribution is 7.16. The first-order chi connectivity index (χ1) is 14.1. The molecular weight excluding hydrogens is 404 g/mol.